The molecular formula is C26H27NO5. The molecule has 0 aliphatic heterocycles. The third-order valence-corrected chi connectivity index (χ3v) is 4.84. The lowest BCUT2D eigenvalue weighted by molar-refractivity contribution is -0.155. The summed E-state index contributed by atoms with van der Waals surface area (Å²) in [5, 5.41) is 2.82. The van der Waals surface area contributed by atoms with E-state index in [4.69, 9.17) is 14.2 Å². The van der Waals surface area contributed by atoms with Crippen LogP contribution in [-0.2, 0) is 20.9 Å². The molecule has 0 radical (unpaired) electrons. The maximum Gasteiger partial charge on any atom is 0.344 e. The molecule has 1 N–H and O–H groups in total. The van der Waals surface area contributed by atoms with Crippen molar-refractivity contribution in [2.24, 2.45) is 0 Å². The van der Waals surface area contributed by atoms with Crippen molar-refractivity contribution < 1.29 is 23.8 Å². The van der Waals surface area contributed by atoms with Crippen LogP contribution in [-0.4, -0.2) is 24.6 Å². The van der Waals surface area contributed by atoms with Gasteiger partial charge in [-0.05, 0) is 61.7 Å². The highest BCUT2D eigenvalue weighted by Gasteiger charge is 2.19. The molecule has 3 aromatic carbocycles. The van der Waals surface area contributed by atoms with E-state index in [1.807, 2.05) is 62.4 Å². The lowest BCUT2D eigenvalue weighted by Crippen LogP contribution is -2.32. The number of aryl methyl sites for hydroxylation is 2. The SMILES string of the molecule is Cc1cccc(C)c1NC(=O)C(C)OC(=O)COc1ccc(OCc2ccccc2)cc1. The maximum absolute atomic E-state index is 12.4. The van der Waals surface area contributed by atoms with Crippen LogP contribution in [0.5, 0.6) is 11.5 Å². The van der Waals surface area contributed by atoms with Crippen LogP contribution in [0.15, 0.2) is 72.8 Å². The number of benzene rings is 3. The average Bonchev–Trinajstić information content (AvgIpc) is 2.80. The van der Waals surface area contributed by atoms with Crippen molar-refractivity contribution in [3.8, 4) is 11.5 Å². The molecule has 0 spiro atoms. The minimum atomic E-state index is -0.945. The lowest BCUT2D eigenvalue weighted by atomic mass is 10.1. The van der Waals surface area contributed by atoms with Gasteiger partial charge in [-0.25, -0.2) is 4.79 Å². The molecule has 0 saturated carbocycles. The maximum atomic E-state index is 12.4. The summed E-state index contributed by atoms with van der Waals surface area (Å²) in [7, 11) is 0. The number of hydrogen-bond donors (Lipinski definition) is 1. The zero-order valence-corrected chi connectivity index (χ0v) is 18.5. The molecule has 0 heterocycles. The normalized spacial score (nSPS) is 11.3. The van der Waals surface area contributed by atoms with Crippen LogP contribution in [0.1, 0.15) is 23.6 Å². The van der Waals surface area contributed by atoms with Crippen LogP contribution in [0.4, 0.5) is 5.69 Å². The second kappa shape index (κ2) is 11.0. The molecule has 32 heavy (non-hydrogen) atoms. The Morgan fingerprint density at radius 2 is 1.41 bits per heavy atom. The Hall–Kier alpha value is -3.80. The standard InChI is InChI=1S/C26H27NO5/c1-18-8-7-9-19(2)25(18)27-26(29)20(3)32-24(28)17-31-23-14-12-22(13-15-23)30-16-21-10-5-4-6-11-21/h4-15,20H,16-17H2,1-3H3,(H,27,29). The smallest absolute Gasteiger partial charge is 0.344 e. The lowest BCUT2D eigenvalue weighted by Gasteiger charge is -2.16. The van der Waals surface area contributed by atoms with E-state index >= 15 is 0 Å². The van der Waals surface area contributed by atoms with E-state index in [1.54, 1.807) is 24.3 Å². The summed E-state index contributed by atoms with van der Waals surface area (Å²) in [6.07, 6.45) is -0.945. The number of anilines is 1. The fourth-order valence-corrected chi connectivity index (χ4v) is 3.04. The van der Waals surface area contributed by atoms with Crippen molar-refractivity contribution in [2.75, 3.05) is 11.9 Å². The Balaban J connectivity index is 1.43. The van der Waals surface area contributed by atoms with Crippen LogP contribution in [0, 0.1) is 13.8 Å². The zero-order chi connectivity index (χ0) is 22.9. The number of hydrogen-bond acceptors (Lipinski definition) is 5. The third kappa shape index (κ3) is 6.60. The molecular weight excluding hydrogens is 406 g/mol. The molecule has 3 aromatic rings. The van der Waals surface area contributed by atoms with E-state index in [0.29, 0.717) is 18.1 Å². The molecule has 0 aliphatic rings. The molecule has 6 nitrogen and oxygen atoms in total. The first kappa shape index (κ1) is 22.9. The van der Waals surface area contributed by atoms with Crippen LogP contribution in [0.3, 0.4) is 0 Å². The first-order valence-corrected chi connectivity index (χ1v) is 10.4. The van der Waals surface area contributed by atoms with Gasteiger partial charge in [-0.1, -0.05) is 48.5 Å². The van der Waals surface area contributed by atoms with E-state index < -0.39 is 18.0 Å². The van der Waals surface area contributed by atoms with Crippen molar-refractivity contribution in [2.45, 2.75) is 33.5 Å². The predicted octanol–water partition coefficient (Wildman–Crippen LogP) is 4.83. The Morgan fingerprint density at radius 1 is 0.812 bits per heavy atom. The van der Waals surface area contributed by atoms with Crippen molar-refractivity contribution in [1.82, 2.24) is 0 Å². The van der Waals surface area contributed by atoms with E-state index in [1.165, 1.54) is 6.92 Å². The quantitative estimate of drug-likeness (QED) is 0.489. The van der Waals surface area contributed by atoms with Crippen LogP contribution in [0.25, 0.3) is 0 Å². The average molecular weight is 434 g/mol. The van der Waals surface area contributed by atoms with Gasteiger partial charge in [-0.15, -0.1) is 0 Å². The first-order chi connectivity index (χ1) is 15.4. The Labute approximate surface area is 188 Å². The minimum absolute atomic E-state index is 0.300. The Kier molecular flexibility index (Phi) is 7.86. The van der Waals surface area contributed by atoms with Gasteiger partial charge in [0, 0.05) is 5.69 Å². The molecule has 1 unspecified atom stereocenters. The summed E-state index contributed by atoms with van der Waals surface area (Å²) < 4.78 is 16.4. The number of amides is 1. The summed E-state index contributed by atoms with van der Waals surface area (Å²) in [5.74, 6) is 0.177. The summed E-state index contributed by atoms with van der Waals surface area (Å²) in [4.78, 5) is 24.5. The molecule has 1 amide bonds. The van der Waals surface area contributed by atoms with Gasteiger partial charge in [0.05, 0.1) is 0 Å². The fourth-order valence-electron chi connectivity index (χ4n) is 3.04. The van der Waals surface area contributed by atoms with Crippen molar-refractivity contribution in [1.29, 1.82) is 0 Å². The predicted molar refractivity (Wildman–Crippen MR) is 123 cm³/mol. The van der Waals surface area contributed by atoms with Crippen LogP contribution >= 0.6 is 0 Å². The molecule has 0 saturated heterocycles. The van der Waals surface area contributed by atoms with Gasteiger partial charge in [0.2, 0.25) is 0 Å². The second-order valence-corrected chi connectivity index (χ2v) is 7.42. The highest BCUT2D eigenvalue weighted by atomic mass is 16.6. The van der Waals surface area contributed by atoms with Gasteiger partial charge in [0.15, 0.2) is 12.7 Å². The molecule has 3 rings (SSSR count). The first-order valence-electron chi connectivity index (χ1n) is 10.4. The van der Waals surface area contributed by atoms with Crippen molar-refractivity contribution >= 4 is 17.6 Å². The minimum Gasteiger partial charge on any atom is -0.489 e. The number of nitrogens with one attached hydrogen (secondary N) is 1. The zero-order valence-electron chi connectivity index (χ0n) is 18.5. The third-order valence-electron chi connectivity index (χ3n) is 4.84. The van der Waals surface area contributed by atoms with Gasteiger partial charge in [-0.3, -0.25) is 4.79 Å². The highest BCUT2D eigenvalue weighted by molar-refractivity contribution is 5.96. The molecule has 0 fully saturated rings. The molecule has 6 heteroatoms. The van der Waals surface area contributed by atoms with Gasteiger partial charge < -0.3 is 19.5 Å². The summed E-state index contributed by atoms with van der Waals surface area (Å²) in [5.41, 5.74) is 3.69. The Morgan fingerprint density at radius 3 is 2.03 bits per heavy atom. The number of rotatable bonds is 9. The monoisotopic (exact) mass is 433 g/mol. The van der Waals surface area contributed by atoms with E-state index in [2.05, 4.69) is 5.32 Å². The van der Waals surface area contributed by atoms with Crippen LogP contribution in [0.2, 0.25) is 0 Å². The number of para-hydroxylation sites is 1. The molecule has 1 atom stereocenters. The highest BCUT2D eigenvalue weighted by Crippen LogP contribution is 2.20. The largest absolute Gasteiger partial charge is 0.489 e. The number of carbonyl (C=O) groups is 2. The van der Waals surface area contributed by atoms with Crippen LogP contribution < -0.4 is 14.8 Å². The van der Waals surface area contributed by atoms with Gasteiger partial charge in [-0.2, -0.15) is 0 Å². The number of esters is 1. The van der Waals surface area contributed by atoms with Gasteiger partial charge >= 0.3 is 5.97 Å². The summed E-state index contributed by atoms with van der Waals surface area (Å²) >= 11 is 0. The fraction of sp³-hybridized carbons (Fsp3) is 0.231. The topological polar surface area (TPSA) is 73.9 Å². The number of carbonyl (C=O) groups excluding carboxylic acids is 2. The van der Waals surface area contributed by atoms with E-state index in [9.17, 15) is 9.59 Å². The van der Waals surface area contributed by atoms with E-state index in [0.717, 1.165) is 22.4 Å². The Bertz CT molecular complexity index is 1030. The van der Waals surface area contributed by atoms with Crippen molar-refractivity contribution in [3.05, 3.63) is 89.5 Å². The number of ether oxygens (including phenoxy) is 3. The molecule has 0 bridgehead atoms. The van der Waals surface area contributed by atoms with Crippen molar-refractivity contribution in [3.63, 3.8) is 0 Å². The van der Waals surface area contributed by atoms with E-state index in [-0.39, 0.29) is 6.61 Å². The van der Waals surface area contributed by atoms with Gasteiger partial charge in [0.25, 0.3) is 5.91 Å². The summed E-state index contributed by atoms with van der Waals surface area (Å²) in [6, 6.07) is 22.6. The molecule has 0 aliphatic carbocycles. The second-order valence-electron chi connectivity index (χ2n) is 7.42. The molecule has 0 aromatic heterocycles. The molecule has 166 valence electrons. The van der Waals surface area contributed by atoms with Gasteiger partial charge in [0.1, 0.15) is 18.1 Å². The summed E-state index contributed by atoms with van der Waals surface area (Å²) in [6.45, 7) is 5.51.